The predicted molar refractivity (Wildman–Crippen MR) is 90.2 cm³/mol. The van der Waals surface area contributed by atoms with E-state index in [4.69, 9.17) is 14.2 Å². The maximum atomic E-state index is 11.3. The fourth-order valence-corrected chi connectivity index (χ4v) is 2.28. The number of hydrogen-bond donors (Lipinski definition) is 1. The first-order valence-corrected chi connectivity index (χ1v) is 8.17. The molecule has 1 aromatic heterocycles. The van der Waals surface area contributed by atoms with Crippen molar-refractivity contribution in [1.82, 2.24) is 15.1 Å². The monoisotopic (exact) mass is 337 g/mol. The maximum Gasteiger partial charge on any atom is 0.224 e. The third-order valence-corrected chi connectivity index (χ3v) is 3.34. The van der Waals surface area contributed by atoms with Crippen molar-refractivity contribution in [2.24, 2.45) is 5.92 Å². The van der Waals surface area contributed by atoms with Gasteiger partial charge in [-0.05, 0) is 32.8 Å². The molecule has 0 atom stereocenters. The van der Waals surface area contributed by atoms with Gasteiger partial charge in [0, 0.05) is 13.1 Å². The van der Waals surface area contributed by atoms with Gasteiger partial charge in [-0.15, -0.1) is 0 Å². The van der Waals surface area contributed by atoms with Crippen LogP contribution in [0.2, 0.25) is 0 Å². The largest absolute Gasteiger partial charge is 0.477 e. The van der Waals surface area contributed by atoms with E-state index >= 15 is 0 Å². The van der Waals surface area contributed by atoms with E-state index in [-0.39, 0.29) is 12.2 Å². The molecule has 0 radical (unpaired) electrons. The van der Waals surface area contributed by atoms with E-state index in [0.29, 0.717) is 18.4 Å². The highest BCUT2D eigenvalue weighted by Crippen LogP contribution is 2.37. The zero-order valence-corrected chi connectivity index (χ0v) is 15.2. The van der Waals surface area contributed by atoms with Crippen molar-refractivity contribution in [2.45, 2.75) is 59.7 Å². The lowest BCUT2D eigenvalue weighted by Crippen LogP contribution is -2.40. The summed E-state index contributed by atoms with van der Waals surface area (Å²) in [4.78, 5) is 11.3. The van der Waals surface area contributed by atoms with Gasteiger partial charge in [0.1, 0.15) is 0 Å². The van der Waals surface area contributed by atoms with Crippen LogP contribution in [0.1, 0.15) is 53.4 Å². The van der Waals surface area contributed by atoms with Crippen LogP contribution in [0.25, 0.3) is 6.20 Å². The molecular weight excluding hydrogens is 310 g/mol. The van der Waals surface area contributed by atoms with Crippen LogP contribution in [0, 0.1) is 5.92 Å². The molecular formula is C17H27N3O4. The molecule has 0 aromatic carbocycles. The molecule has 2 heterocycles. The smallest absolute Gasteiger partial charge is 0.224 e. The Balaban J connectivity index is 2.20. The SMILES string of the molecule is CC(=O)NC(C)(C)/C=C/n1ncc(C2OC(C)O2)c1OCC(C)C. The number of amides is 1. The van der Waals surface area contributed by atoms with Crippen molar-refractivity contribution in [1.29, 1.82) is 0 Å². The average Bonchev–Trinajstić information content (AvgIpc) is 2.80. The lowest BCUT2D eigenvalue weighted by atomic mass is 10.1. The van der Waals surface area contributed by atoms with Gasteiger partial charge in [0.05, 0.1) is 23.9 Å². The van der Waals surface area contributed by atoms with Crippen molar-refractivity contribution in [3.05, 3.63) is 17.8 Å². The molecule has 0 saturated carbocycles. The highest BCUT2D eigenvalue weighted by atomic mass is 16.9. The van der Waals surface area contributed by atoms with Gasteiger partial charge in [0.2, 0.25) is 11.8 Å². The van der Waals surface area contributed by atoms with E-state index in [1.807, 2.05) is 26.8 Å². The highest BCUT2D eigenvalue weighted by Gasteiger charge is 2.33. The second-order valence-corrected chi connectivity index (χ2v) is 6.94. The number of carbonyl (C=O) groups excluding carboxylic acids is 1. The first-order valence-electron chi connectivity index (χ1n) is 8.17. The van der Waals surface area contributed by atoms with Crippen molar-refractivity contribution in [2.75, 3.05) is 6.61 Å². The zero-order valence-electron chi connectivity index (χ0n) is 15.2. The number of nitrogens with one attached hydrogen (secondary N) is 1. The molecule has 1 fully saturated rings. The Labute approximate surface area is 143 Å². The standard InChI is InChI=1S/C17H27N3O4/c1-11(2)10-22-15-14(16-23-13(4)24-16)9-18-20(15)8-7-17(5,6)19-12(3)21/h7-9,11,13,16H,10H2,1-6H3,(H,19,21)/b8-7+. The molecule has 7 nitrogen and oxygen atoms in total. The van der Waals surface area contributed by atoms with E-state index in [9.17, 15) is 4.79 Å². The van der Waals surface area contributed by atoms with Crippen LogP contribution in [-0.4, -0.2) is 34.1 Å². The fourth-order valence-electron chi connectivity index (χ4n) is 2.28. The number of aromatic nitrogens is 2. The molecule has 1 N–H and O–H groups in total. The van der Waals surface area contributed by atoms with Gasteiger partial charge in [-0.1, -0.05) is 13.8 Å². The lowest BCUT2D eigenvalue weighted by molar-refractivity contribution is -0.382. The summed E-state index contributed by atoms with van der Waals surface area (Å²) in [6.45, 7) is 11.9. The molecule has 1 aliphatic rings. The van der Waals surface area contributed by atoms with Crippen molar-refractivity contribution < 1.29 is 19.0 Å². The molecule has 0 aliphatic carbocycles. The van der Waals surface area contributed by atoms with E-state index in [1.54, 1.807) is 17.1 Å². The van der Waals surface area contributed by atoms with Gasteiger partial charge >= 0.3 is 0 Å². The summed E-state index contributed by atoms with van der Waals surface area (Å²) in [5.41, 5.74) is 0.265. The van der Waals surface area contributed by atoms with E-state index in [0.717, 1.165) is 5.56 Å². The Kier molecular flexibility index (Phi) is 5.66. The quantitative estimate of drug-likeness (QED) is 0.828. The van der Waals surface area contributed by atoms with Gasteiger partial charge in [0.25, 0.3) is 0 Å². The lowest BCUT2D eigenvalue weighted by Gasteiger charge is -2.33. The number of carbonyl (C=O) groups is 1. The minimum absolute atomic E-state index is 0.0904. The minimum atomic E-state index is -0.495. The van der Waals surface area contributed by atoms with Gasteiger partial charge in [-0.2, -0.15) is 5.10 Å². The highest BCUT2D eigenvalue weighted by molar-refractivity contribution is 5.74. The first kappa shape index (κ1) is 18.5. The van der Waals surface area contributed by atoms with Crippen LogP contribution in [0.5, 0.6) is 5.88 Å². The fraction of sp³-hybridized carbons (Fsp3) is 0.647. The van der Waals surface area contributed by atoms with Crippen LogP contribution in [0.15, 0.2) is 12.3 Å². The normalized spacial score (nSPS) is 21.1. The van der Waals surface area contributed by atoms with Gasteiger partial charge in [0.15, 0.2) is 12.6 Å². The molecule has 1 amide bonds. The molecule has 0 spiro atoms. The second kappa shape index (κ2) is 7.36. The van der Waals surface area contributed by atoms with Crippen molar-refractivity contribution in [3.63, 3.8) is 0 Å². The first-order chi connectivity index (χ1) is 11.2. The molecule has 7 heteroatoms. The second-order valence-electron chi connectivity index (χ2n) is 6.94. The van der Waals surface area contributed by atoms with Gasteiger partial charge in [-0.3, -0.25) is 4.79 Å². The summed E-state index contributed by atoms with van der Waals surface area (Å²) in [6.07, 6.45) is 4.65. The summed E-state index contributed by atoms with van der Waals surface area (Å²) >= 11 is 0. The third-order valence-electron chi connectivity index (χ3n) is 3.34. The molecule has 2 rings (SSSR count). The Bertz CT molecular complexity index is 601. The Morgan fingerprint density at radius 3 is 2.71 bits per heavy atom. The minimum Gasteiger partial charge on any atom is -0.477 e. The molecule has 1 saturated heterocycles. The van der Waals surface area contributed by atoms with Crippen molar-refractivity contribution >= 4 is 12.1 Å². The molecule has 24 heavy (non-hydrogen) atoms. The number of nitrogens with zero attached hydrogens (tertiary/aromatic N) is 2. The van der Waals surface area contributed by atoms with E-state index < -0.39 is 11.8 Å². The van der Waals surface area contributed by atoms with Crippen LogP contribution in [-0.2, 0) is 14.3 Å². The Morgan fingerprint density at radius 1 is 1.50 bits per heavy atom. The summed E-state index contributed by atoms with van der Waals surface area (Å²) in [7, 11) is 0. The van der Waals surface area contributed by atoms with E-state index in [1.165, 1.54) is 6.92 Å². The third kappa shape index (κ3) is 4.82. The van der Waals surface area contributed by atoms with Crippen LogP contribution in [0.4, 0.5) is 0 Å². The van der Waals surface area contributed by atoms with Crippen LogP contribution < -0.4 is 10.1 Å². The topological polar surface area (TPSA) is 74.6 Å². The average molecular weight is 337 g/mol. The molecule has 134 valence electrons. The maximum absolute atomic E-state index is 11.3. The summed E-state index contributed by atoms with van der Waals surface area (Å²) in [6, 6.07) is 0. The predicted octanol–water partition coefficient (Wildman–Crippen LogP) is 2.69. The zero-order chi connectivity index (χ0) is 17.9. The van der Waals surface area contributed by atoms with E-state index in [2.05, 4.69) is 24.3 Å². The van der Waals surface area contributed by atoms with Gasteiger partial charge < -0.3 is 19.5 Å². The molecule has 1 aromatic rings. The Morgan fingerprint density at radius 2 is 2.17 bits per heavy atom. The Hall–Kier alpha value is -1.86. The molecule has 0 bridgehead atoms. The molecule has 1 aliphatic heterocycles. The summed E-state index contributed by atoms with van der Waals surface area (Å²) < 4.78 is 18.6. The van der Waals surface area contributed by atoms with Gasteiger partial charge in [-0.25, -0.2) is 4.68 Å². The summed E-state index contributed by atoms with van der Waals surface area (Å²) in [5.74, 6) is 0.881. The number of ether oxygens (including phenoxy) is 3. The summed E-state index contributed by atoms with van der Waals surface area (Å²) in [5, 5.41) is 7.20. The number of rotatable bonds is 7. The molecule has 0 unspecified atom stereocenters. The van der Waals surface area contributed by atoms with Crippen molar-refractivity contribution in [3.8, 4) is 5.88 Å². The van der Waals surface area contributed by atoms with Crippen LogP contribution in [0.3, 0.4) is 0 Å². The number of hydrogen-bond acceptors (Lipinski definition) is 5. The van der Waals surface area contributed by atoms with Crippen LogP contribution >= 0.6 is 0 Å².